The molecule has 0 saturated heterocycles. The van der Waals surface area contributed by atoms with Crippen LogP contribution in [0, 0.1) is 19.9 Å². The van der Waals surface area contributed by atoms with Crippen molar-refractivity contribution in [3.05, 3.63) is 53.6 Å². The fraction of sp³-hybridized carbons (Fsp3) is 0.111. The van der Waals surface area contributed by atoms with Crippen molar-refractivity contribution < 1.29 is 47.3 Å². The molecular formula is C18H13NaO4S. The maximum atomic E-state index is 10.2. The number of aromatic hydroxyl groups is 1. The van der Waals surface area contributed by atoms with Crippen LogP contribution in [0.4, 0.5) is 0 Å². The number of benzene rings is 4. The molecule has 4 nitrogen and oxygen atoms in total. The van der Waals surface area contributed by atoms with E-state index in [4.69, 9.17) is 12.6 Å². The largest absolute Gasteiger partial charge is 1.00 e. The average Bonchev–Trinajstić information content (AvgIpc) is 2.48. The van der Waals surface area contributed by atoms with Gasteiger partial charge in [-0.2, -0.15) is 0 Å². The van der Waals surface area contributed by atoms with E-state index in [1.807, 2.05) is 18.2 Å². The maximum absolute atomic E-state index is 10.2. The first-order valence-corrected chi connectivity index (χ1v) is 7.95. The molecule has 0 fully saturated rings. The van der Waals surface area contributed by atoms with E-state index in [1.54, 1.807) is 0 Å². The van der Waals surface area contributed by atoms with Crippen LogP contribution in [0.2, 0.25) is 0 Å². The van der Waals surface area contributed by atoms with Gasteiger partial charge in [-0.25, -0.2) is 0 Å². The summed E-state index contributed by atoms with van der Waals surface area (Å²) in [5.74, 6) is 0.338. The Morgan fingerprint density at radius 2 is 1.54 bits per heavy atom. The third-order valence-corrected chi connectivity index (χ3v) is 4.08. The zero-order chi connectivity index (χ0) is 16.7. The quantitative estimate of drug-likeness (QED) is 0.289. The van der Waals surface area contributed by atoms with E-state index in [0.717, 1.165) is 16.2 Å². The molecule has 0 aliphatic carbocycles. The van der Waals surface area contributed by atoms with Gasteiger partial charge >= 0.3 is 40.2 Å². The molecular weight excluding hydrogens is 335 g/mol. The third-order valence-electron chi connectivity index (χ3n) is 4.08. The van der Waals surface area contributed by atoms with Crippen molar-refractivity contribution in [3.8, 4) is 5.75 Å². The van der Waals surface area contributed by atoms with E-state index in [1.165, 1.54) is 27.3 Å². The molecule has 4 aromatic carbocycles. The Hall–Kier alpha value is -1.66. The Bertz CT molecular complexity index is 1140. The van der Waals surface area contributed by atoms with Gasteiger partial charge in [0, 0.05) is 5.39 Å². The van der Waals surface area contributed by atoms with Gasteiger partial charge in [-0.3, -0.25) is 0 Å². The summed E-state index contributed by atoms with van der Waals surface area (Å²) in [6.45, 7) is 4.26. The van der Waals surface area contributed by atoms with Gasteiger partial charge in [-0.1, -0.05) is 40.6 Å². The van der Waals surface area contributed by atoms with Gasteiger partial charge < -0.3 is 5.11 Å². The minimum atomic E-state index is -3.11. The number of hydrogen-bond donors (Lipinski definition) is 1. The topological polar surface area (TPSA) is 71.4 Å². The van der Waals surface area contributed by atoms with Crippen molar-refractivity contribution in [2.45, 2.75) is 13.8 Å². The van der Waals surface area contributed by atoms with Crippen molar-refractivity contribution >= 4 is 42.9 Å². The third kappa shape index (κ3) is 3.13. The van der Waals surface area contributed by atoms with Gasteiger partial charge in [-0.05, 0) is 30.2 Å². The van der Waals surface area contributed by atoms with Gasteiger partial charge in [0.05, 0.1) is 5.75 Å². The molecule has 0 saturated carbocycles. The Labute approximate surface area is 162 Å². The molecule has 4 rings (SSSR count). The monoisotopic (exact) mass is 348 g/mol. The number of phenolic OH excluding ortho intramolecular Hbond substituents is 1. The van der Waals surface area contributed by atoms with Crippen LogP contribution in [0.1, 0.15) is 11.1 Å². The van der Waals surface area contributed by atoms with Crippen LogP contribution < -0.4 is 29.6 Å². The van der Waals surface area contributed by atoms with E-state index in [2.05, 4.69) is 38.1 Å². The molecule has 4 aromatic rings. The minimum Gasteiger partial charge on any atom is -0.517 e. The van der Waals surface area contributed by atoms with E-state index in [0.29, 0.717) is 5.75 Å². The first-order chi connectivity index (χ1) is 10.9. The van der Waals surface area contributed by atoms with Gasteiger partial charge in [-0.15, -0.1) is 36.2 Å². The first-order valence-electron chi connectivity index (χ1n) is 6.95. The van der Waals surface area contributed by atoms with Crippen LogP contribution in [0.3, 0.4) is 0 Å². The van der Waals surface area contributed by atoms with E-state index in [9.17, 15) is 5.11 Å². The normalized spacial score (nSPS) is 10.4. The molecule has 0 spiro atoms. The van der Waals surface area contributed by atoms with Crippen molar-refractivity contribution in [2.24, 2.45) is 0 Å². The standard InChI is InChI=1S/C18H13O.Na.O3S/c1-10-6-7-14-16(19)9-12-4-3-5-13-11(2)8-15(10)18(14)17(12)13;;1-4(2)3/h3,5-9,19H,1-2H3;;/q-1;+1;. The maximum Gasteiger partial charge on any atom is 1.00 e. The van der Waals surface area contributed by atoms with Crippen LogP contribution in [0.5, 0.6) is 5.75 Å². The summed E-state index contributed by atoms with van der Waals surface area (Å²) >= 11 is 0. The molecule has 0 aliphatic heterocycles. The van der Waals surface area contributed by atoms with E-state index >= 15 is 0 Å². The van der Waals surface area contributed by atoms with Crippen LogP contribution in [0.15, 0.2) is 36.4 Å². The molecule has 1 N–H and O–H groups in total. The molecule has 24 heavy (non-hydrogen) atoms. The summed E-state index contributed by atoms with van der Waals surface area (Å²) in [6, 6.07) is 15.4. The summed E-state index contributed by atoms with van der Waals surface area (Å²) in [5.41, 5.74) is 2.51. The van der Waals surface area contributed by atoms with Crippen LogP contribution >= 0.6 is 0 Å². The number of rotatable bonds is 0. The average molecular weight is 348 g/mol. The summed E-state index contributed by atoms with van der Waals surface area (Å²) in [4.78, 5) is 0. The molecule has 0 unspecified atom stereocenters. The van der Waals surface area contributed by atoms with E-state index in [-0.39, 0.29) is 29.6 Å². The predicted octanol–water partition coefficient (Wildman–Crippen LogP) is 0.707. The first kappa shape index (κ1) is 18.7. The fourth-order valence-corrected chi connectivity index (χ4v) is 3.13. The fourth-order valence-electron chi connectivity index (χ4n) is 3.13. The van der Waals surface area contributed by atoms with Gasteiger partial charge in [0.2, 0.25) is 0 Å². The smallest absolute Gasteiger partial charge is 0.517 e. The van der Waals surface area contributed by atoms with Crippen molar-refractivity contribution in [2.75, 3.05) is 0 Å². The molecule has 0 aromatic heterocycles. The second-order valence-corrected chi connectivity index (χ2v) is 5.87. The molecule has 0 atom stereocenters. The Kier molecular flexibility index (Phi) is 5.50. The zero-order valence-electron chi connectivity index (χ0n) is 13.5. The molecule has 0 bridgehead atoms. The molecule has 116 valence electrons. The summed E-state index contributed by atoms with van der Waals surface area (Å²) in [6.07, 6.45) is 0. The van der Waals surface area contributed by atoms with Crippen molar-refractivity contribution in [1.29, 1.82) is 0 Å². The Morgan fingerprint density at radius 3 is 2.21 bits per heavy atom. The van der Waals surface area contributed by atoms with Crippen LogP contribution in [0.25, 0.3) is 32.3 Å². The number of hydrogen-bond acceptors (Lipinski definition) is 4. The van der Waals surface area contributed by atoms with Gasteiger partial charge in [0.1, 0.15) is 0 Å². The second kappa shape index (κ2) is 7.07. The van der Waals surface area contributed by atoms with Crippen LogP contribution in [-0.4, -0.2) is 17.7 Å². The van der Waals surface area contributed by atoms with Crippen LogP contribution in [-0.2, 0) is 10.6 Å². The molecule has 0 heterocycles. The van der Waals surface area contributed by atoms with Gasteiger partial charge in [0.15, 0.2) is 0 Å². The van der Waals surface area contributed by atoms with Crippen molar-refractivity contribution in [3.63, 3.8) is 0 Å². The summed E-state index contributed by atoms with van der Waals surface area (Å²) in [5, 5.41) is 17.0. The van der Waals surface area contributed by atoms with Crippen molar-refractivity contribution in [1.82, 2.24) is 0 Å². The second-order valence-electron chi connectivity index (χ2n) is 5.46. The molecule has 6 heteroatoms. The number of aryl methyl sites for hydroxylation is 2. The summed E-state index contributed by atoms with van der Waals surface area (Å²) in [7, 11) is -3.11. The SMILES string of the molecule is Cc1cc2c(C)ccc3c(O)cc4[c-]ccc1c4c23.O=S(=O)=O.[Na+]. The number of phenols is 1. The molecule has 0 radical (unpaired) electrons. The van der Waals surface area contributed by atoms with E-state index < -0.39 is 10.6 Å². The van der Waals surface area contributed by atoms with Gasteiger partial charge in [0.25, 0.3) is 0 Å². The molecule has 0 amide bonds. The molecule has 0 aliphatic rings. The zero-order valence-corrected chi connectivity index (χ0v) is 16.4. The minimum absolute atomic E-state index is 0. The predicted molar refractivity (Wildman–Crippen MR) is 89.8 cm³/mol. The Balaban J connectivity index is 0.000000379. The summed E-state index contributed by atoms with van der Waals surface area (Å²) < 4.78 is 25.3. The Morgan fingerprint density at radius 1 is 0.875 bits per heavy atom.